The molecule has 0 atom stereocenters. The van der Waals surface area contributed by atoms with Crippen molar-refractivity contribution in [1.29, 1.82) is 0 Å². The molecule has 8 nitrogen and oxygen atoms in total. The first kappa shape index (κ1) is 21.6. The van der Waals surface area contributed by atoms with Crippen molar-refractivity contribution in [1.82, 2.24) is 9.29 Å². The summed E-state index contributed by atoms with van der Waals surface area (Å²) in [6.45, 7) is 4.15. The van der Waals surface area contributed by atoms with E-state index < -0.39 is 48.5 Å². The molecule has 27 heavy (non-hydrogen) atoms. The predicted molar refractivity (Wildman–Crippen MR) is 90.9 cm³/mol. The molecule has 1 aliphatic rings. The van der Waals surface area contributed by atoms with Crippen LogP contribution in [0.4, 0.5) is 18.3 Å². The first-order valence-corrected chi connectivity index (χ1v) is 10.1. The van der Waals surface area contributed by atoms with Crippen molar-refractivity contribution < 1.29 is 35.9 Å². The number of hydrogen-bond acceptors (Lipinski definition) is 7. The third-order valence-electron chi connectivity index (χ3n) is 3.92. The number of carbonyl (C=O) groups is 2. The highest BCUT2D eigenvalue weighted by atomic mass is 32.2. The third kappa shape index (κ3) is 4.09. The van der Waals surface area contributed by atoms with E-state index >= 15 is 0 Å². The van der Waals surface area contributed by atoms with Gasteiger partial charge in [-0.3, -0.25) is 4.79 Å². The Morgan fingerprint density at radius 1 is 1.30 bits per heavy atom. The lowest BCUT2D eigenvalue weighted by Crippen LogP contribution is -2.55. The maximum atomic E-state index is 13.1. The van der Waals surface area contributed by atoms with Crippen LogP contribution < -0.4 is 5.32 Å². The van der Waals surface area contributed by atoms with Crippen LogP contribution in [0.25, 0.3) is 0 Å². The average Bonchev–Trinajstić information content (AvgIpc) is 2.89. The molecule has 2 heterocycles. The maximum Gasteiger partial charge on any atom is 0.435 e. The summed E-state index contributed by atoms with van der Waals surface area (Å²) in [5.41, 5.74) is -1.50. The predicted octanol–water partition coefficient (Wildman–Crippen LogP) is 2.09. The number of thiazole rings is 1. The minimum absolute atomic E-state index is 0.142. The standard InChI is InChI=1S/C14H18F3N3O5S2/c1-4-25-10(21)8-9(14(15,16)17)18-12(26-8)19-11(22)13(2,3)27(23,24)20-6-5-7-20/h4-7H2,1-3H3,(H,18,19,22). The van der Waals surface area contributed by atoms with Crippen molar-refractivity contribution in [2.75, 3.05) is 25.0 Å². The van der Waals surface area contributed by atoms with Crippen LogP contribution >= 0.6 is 11.3 Å². The van der Waals surface area contributed by atoms with Crippen LogP contribution in [0.5, 0.6) is 0 Å². The summed E-state index contributed by atoms with van der Waals surface area (Å²) >= 11 is 0.272. The van der Waals surface area contributed by atoms with E-state index in [2.05, 4.69) is 15.0 Å². The number of ether oxygens (including phenoxy) is 1. The fraction of sp³-hybridized carbons (Fsp3) is 0.643. The number of anilines is 1. The Balaban J connectivity index is 2.31. The van der Waals surface area contributed by atoms with E-state index in [0.717, 1.165) is 18.2 Å². The molecule has 0 saturated carbocycles. The summed E-state index contributed by atoms with van der Waals surface area (Å²) in [7, 11) is -3.99. The topological polar surface area (TPSA) is 106 Å². The smallest absolute Gasteiger partial charge is 0.435 e. The molecule has 152 valence electrons. The number of amides is 1. The van der Waals surface area contributed by atoms with Crippen LogP contribution in [0.3, 0.4) is 0 Å². The minimum Gasteiger partial charge on any atom is -0.462 e. The van der Waals surface area contributed by atoms with E-state index in [1.54, 1.807) is 0 Å². The Morgan fingerprint density at radius 3 is 2.33 bits per heavy atom. The number of esters is 1. The molecule has 1 N–H and O–H groups in total. The normalized spacial score (nSPS) is 15.9. The Hall–Kier alpha value is -1.73. The number of nitrogens with zero attached hydrogens (tertiary/aromatic N) is 2. The fourth-order valence-electron chi connectivity index (χ4n) is 2.12. The molecule has 13 heteroatoms. The van der Waals surface area contributed by atoms with Crippen LogP contribution in [0.15, 0.2) is 0 Å². The van der Waals surface area contributed by atoms with Crippen molar-refractivity contribution in [2.45, 2.75) is 38.1 Å². The molecule has 0 spiro atoms. The average molecular weight is 429 g/mol. The van der Waals surface area contributed by atoms with Crippen molar-refractivity contribution in [2.24, 2.45) is 0 Å². The van der Waals surface area contributed by atoms with E-state index in [4.69, 9.17) is 0 Å². The molecule has 0 unspecified atom stereocenters. The molecule has 1 fully saturated rings. The zero-order valence-corrected chi connectivity index (χ0v) is 16.3. The van der Waals surface area contributed by atoms with E-state index in [1.807, 2.05) is 0 Å². The largest absolute Gasteiger partial charge is 0.462 e. The molecule has 1 amide bonds. The molecular weight excluding hydrogens is 411 g/mol. The second-order valence-corrected chi connectivity index (χ2v) is 9.62. The number of rotatable bonds is 6. The van der Waals surface area contributed by atoms with E-state index in [1.165, 1.54) is 6.92 Å². The monoisotopic (exact) mass is 429 g/mol. The van der Waals surface area contributed by atoms with Gasteiger partial charge in [-0.1, -0.05) is 11.3 Å². The van der Waals surface area contributed by atoms with Gasteiger partial charge < -0.3 is 10.1 Å². The van der Waals surface area contributed by atoms with Crippen molar-refractivity contribution in [3.63, 3.8) is 0 Å². The number of halogens is 3. The molecule has 0 aliphatic carbocycles. The molecule has 0 radical (unpaired) electrons. The second kappa shape index (κ2) is 7.36. The molecule has 1 aliphatic heterocycles. The second-order valence-electron chi connectivity index (χ2n) is 6.14. The van der Waals surface area contributed by atoms with Gasteiger partial charge in [0.2, 0.25) is 15.9 Å². The zero-order valence-electron chi connectivity index (χ0n) is 14.7. The van der Waals surface area contributed by atoms with E-state index in [0.29, 0.717) is 6.42 Å². The quantitative estimate of drug-likeness (QED) is 0.695. The first-order chi connectivity index (χ1) is 12.3. The highest BCUT2D eigenvalue weighted by molar-refractivity contribution is 7.91. The van der Waals surface area contributed by atoms with Crippen LogP contribution in [-0.2, 0) is 25.7 Å². The number of aromatic nitrogens is 1. The number of nitrogens with one attached hydrogen (secondary N) is 1. The van der Waals surface area contributed by atoms with Gasteiger partial charge in [0.1, 0.15) is 4.88 Å². The lowest BCUT2D eigenvalue weighted by Gasteiger charge is -2.36. The Bertz CT molecular complexity index is 845. The van der Waals surface area contributed by atoms with Crippen LogP contribution in [0.2, 0.25) is 0 Å². The molecular formula is C14H18F3N3O5S2. The van der Waals surface area contributed by atoms with Crippen molar-refractivity contribution >= 4 is 38.4 Å². The van der Waals surface area contributed by atoms with Gasteiger partial charge in [-0.15, -0.1) is 0 Å². The number of sulfonamides is 1. The Kier molecular flexibility index (Phi) is 5.88. The van der Waals surface area contributed by atoms with Gasteiger partial charge in [-0.05, 0) is 27.2 Å². The summed E-state index contributed by atoms with van der Waals surface area (Å²) in [4.78, 5) is 26.6. The molecule has 0 aromatic carbocycles. The van der Waals surface area contributed by atoms with Crippen LogP contribution in [0, 0.1) is 0 Å². The van der Waals surface area contributed by atoms with Crippen LogP contribution in [-0.4, -0.2) is 54.0 Å². The highest BCUT2D eigenvalue weighted by Gasteiger charge is 2.48. The summed E-state index contributed by atoms with van der Waals surface area (Å²) in [5, 5.41) is 1.54. The van der Waals surface area contributed by atoms with Gasteiger partial charge in [0.25, 0.3) is 0 Å². The summed E-state index contributed by atoms with van der Waals surface area (Å²) in [6, 6.07) is 0. The first-order valence-electron chi connectivity index (χ1n) is 7.88. The van der Waals surface area contributed by atoms with E-state index in [9.17, 15) is 31.2 Å². The lowest BCUT2D eigenvalue weighted by atomic mass is 10.2. The van der Waals surface area contributed by atoms with Gasteiger partial charge >= 0.3 is 12.1 Å². The van der Waals surface area contributed by atoms with E-state index in [-0.39, 0.29) is 31.0 Å². The van der Waals surface area contributed by atoms with Gasteiger partial charge in [-0.25, -0.2) is 22.5 Å². The van der Waals surface area contributed by atoms with Gasteiger partial charge in [0, 0.05) is 13.1 Å². The SMILES string of the molecule is CCOC(=O)c1sc(NC(=O)C(C)(C)S(=O)(=O)N2CCC2)nc1C(F)(F)F. The lowest BCUT2D eigenvalue weighted by molar-refractivity contribution is -0.141. The van der Waals surface area contributed by atoms with Gasteiger partial charge in [0.05, 0.1) is 6.61 Å². The maximum absolute atomic E-state index is 13.1. The number of carbonyl (C=O) groups excluding carboxylic acids is 2. The molecule has 1 saturated heterocycles. The molecule has 1 aromatic heterocycles. The Labute approximate surface area is 157 Å². The molecule has 0 bridgehead atoms. The summed E-state index contributed by atoms with van der Waals surface area (Å²) in [5.74, 6) is -2.28. The molecule has 1 aromatic rings. The van der Waals surface area contributed by atoms with Gasteiger partial charge in [-0.2, -0.15) is 13.2 Å². The number of hydrogen-bond donors (Lipinski definition) is 1. The number of alkyl halides is 3. The fourth-order valence-corrected chi connectivity index (χ4v) is 4.66. The summed E-state index contributed by atoms with van der Waals surface area (Å²) < 4.78 is 68.0. The van der Waals surface area contributed by atoms with Crippen LogP contribution in [0.1, 0.15) is 42.6 Å². The third-order valence-corrected chi connectivity index (χ3v) is 7.39. The Morgan fingerprint density at radius 2 is 1.89 bits per heavy atom. The summed E-state index contributed by atoms with van der Waals surface area (Å²) in [6.07, 6.45) is -4.28. The van der Waals surface area contributed by atoms with Crippen molar-refractivity contribution in [3.8, 4) is 0 Å². The zero-order chi connectivity index (χ0) is 20.6. The van der Waals surface area contributed by atoms with Crippen molar-refractivity contribution in [3.05, 3.63) is 10.6 Å². The van der Waals surface area contributed by atoms with Gasteiger partial charge in [0.15, 0.2) is 15.6 Å². The minimum atomic E-state index is -4.94. The molecule has 2 rings (SSSR count). The highest BCUT2D eigenvalue weighted by Crippen LogP contribution is 2.37.